The molecule has 0 rings (SSSR count). The van der Waals surface area contributed by atoms with Crippen LogP contribution in [0.25, 0.3) is 0 Å². The van der Waals surface area contributed by atoms with Gasteiger partial charge < -0.3 is 22.0 Å². The van der Waals surface area contributed by atoms with Gasteiger partial charge in [0.05, 0.1) is 0 Å². The molecule has 0 aliphatic rings. The van der Waals surface area contributed by atoms with E-state index in [1.54, 1.807) is 0 Å². The monoisotopic (exact) mass is 183 g/mol. The Labute approximate surface area is 93.4 Å². The molecule has 0 bridgehead atoms. The standard InChI is InChI=1S/Ca.H4O4Si.Sc.2H/c;1-5(2,3)4;;;/h;1-4H;;;/q+2;;;2*-1. The van der Waals surface area contributed by atoms with Crippen LogP contribution in [-0.2, 0) is 25.8 Å². The Bertz CT molecular complexity index is 34.0. The zero-order valence-corrected chi connectivity index (χ0v) is 8.58. The van der Waals surface area contributed by atoms with E-state index in [1.165, 1.54) is 0 Å². The van der Waals surface area contributed by atoms with Gasteiger partial charge in [-0.05, 0) is 0 Å². The van der Waals surface area contributed by atoms with Gasteiger partial charge in [-0.2, -0.15) is 0 Å². The predicted molar refractivity (Wildman–Crippen MR) is 22.6 cm³/mol. The number of hydrogen-bond acceptors (Lipinski definition) is 4. The molecule has 0 aliphatic carbocycles. The van der Waals surface area contributed by atoms with Crippen LogP contribution in [0.5, 0.6) is 0 Å². The minimum absolute atomic E-state index is 0. The summed E-state index contributed by atoms with van der Waals surface area (Å²) in [5, 5.41) is 0. The van der Waals surface area contributed by atoms with E-state index >= 15 is 0 Å². The van der Waals surface area contributed by atoms with Gasteiger partial charge in [0, 0.05) is 25.8 Å². The van der Waals surface area contributed by atoms with E-state index in [2.05, 4.69) is 0 Å². The maximum absolute atomic E-state index is 7.33. The molecule has 0 spiro atoms. The van der Waals surface area contributed by atoms with Crippen molar-refractivity contribution < 1.29 is 47.9 Å². The summed E-state index contributed by atoms with van der Waals surface area (Å²) in [5.74, 6) is 0. The maximum atomic E-state index is 7.33. The average Bonchev–Trinajstić information content (AvgIpc) is 0.722. The van der Waals surface area contributed by atoms with Gasteiger partial charge in [-0.15, -0.1) is 0 Å². The van der Waals surface area contributed by atoms with E-state index in [9.17, 15) is 0 Å². The van der Waals surface area contributed by atoms with Crippen molar-refractivity contribution in [3.05, 3.63) is 0 Å². The molecular weight excluding hydrogens is 177 g/mol. The number of hydrogen-bond donors (Lipinski definition) is 4. The van der Waals surface area contributed by atoms with Gasteiger partial charge in [-0.1, -0.05) is 0 Å². The first-order chi connectivity index (χ1) is 2.00. The third kappa shape index (κ3) is 65.5. The van der Waals surface area contributed by atoms with Gasteiger partial charge in [-0.25, -0.2) is 0 Å². The molecule has 0 saturated carbocycles. The Balaban J connectivity index is -0.0000000133. The molecule has 0 heterocycles. The summed E-state index contributed by atoms with van der Waals surface area (Å²) >= 11 is 0. The Morgan fingerprint density at radius 1 is 1.00 bits per heavy atom. The minimum atomic E-state index is -4.61. The van der Waals surface area contributed by atoms with Crippen LogP contribution >= 0.6 is 0 Å². The zero-order chi connectivity index (χ0) is 4.50. The predicted octanol–water partition coefficient (Wildman–Crippen LogP) is -2.77. The van der Waals surface area contributed by atoms with E-state index in [-0.39, 0.29) is 66.4 Å². The second-order valence-electron chi connectivity index (χ2n) is 0.600. The van der Waals surface area contributed by atoms with Crippen molar-refractivity contribution >= 4 is 46.8 Å². The largest absolute Gasteiger partial charge is 2.00 e. The second-order valence-corrected chi connectivity index (χ2v) is 1.80. The summed E-state index contributed by atoms with van der Waals surface area (Å²) in [6.45, 7) is 0. The summed E-state index contributed by atoms with van der Waals surface area (Å²) in [5.41, 5.74) is 0. The molecule has 7 heteroatoms. The van der Waals surface area contributed by atoms with Crippen molar-refractivity contribution in [2.24, 2.45) is 0 Å². The van der Waals surface area contributed by atoms with Crippen molar-refractivity contribution in [1.29, 1.82) is 0 Å². The first kappa shape index (κ1) is 16.1. The molecule has 4 N–H and O–H groups in total. The third-order valence-electron chi connectivity index (χ3n) is 0. The fraction of sp³-hybridized carbons (Fsp3) is 0. The van der Waals surface area contributed by atoms with Crippen LogP contribution in [0.1, 0.15) is 2.85 Å². The Hall–Kier alpha value is 2.19. The van der Waals surface area contributed by atoms with Crippen LogP contribution in [-0.4, -0.2) is 66.0 Å². The molecule has 4 nitrogen and oxygen atoms in total. The molecule has 0 saturated heterocycles. The third-order valence-corrected chi connectivity index (χ3v) is 0. The van der Waals surface area contributed by atoms with E-state index in [1.807, 2.05) is 0 Å². The second kappa shape index (κ2) is 6.31. The van der Waals surface area contributed by atoms with Crippen molar-refractivity contribution in [3.8, 4) is 0 Å². The van der Waals surface area contributed by atoms with Crippen LogP contribution in [0.3, 0.4) is 0 Å². The molecule has 0 aliphatic heterocycles. The fourth-order valence-electron chi connectivity index (χ4n) is 0. The van der Waals surface area contributed by atoms with E-state index in [0.717, 1.165) is 0 Å². The van der Waals surface area contributed by atoms with Crippen molar-refractivity contribution in [2.45, 2.75) is 0 Å². The normalized spacial score (nSPS) is 8.57. The summed E-state index contributed by atoms with van der Waals surface area (Å²) < 4.78 is 0. The van der Waals surface area contributed by atoms with Crippen LogP contribution in [0.2, 0.25) is 0 Å². The molecule has 0 aromatic carbocycles. The fourth-order valence-corrected chi connectivity index (χ4v) is 0. The first-order valence-electron chi connectivity index (χ1n) is 0.894. The number of rotatable bonds is 0. The molecule has 0 fully saturated rings. The molecule has 0 amide bonds. The summed E-state index contributed by atoms with van der Waals surface area (Å²) in [4.78, 5) is 29.3. The molecule has 39 valence electrons. The van der Waals surface area contributed by atoms with Crippen molar-refractivity contribution in [3.63, 3.8) is 0 Å². The van der Waals surface area contributed by atoms with E-state index in [4.69, 9.17) is 19.2 Å². The summed E-state index contributed by atoms with van der Waals surface area (Å²) in [6, 6.07) is 0. The Morgan fingerprint density at radius 2 is 1.00 bits per heavy atom. The Morgan fingerprint density at radius 3 is 1.00 bits per heavy atom. The van der Waals surface area contributed by atoms with Gasteiger partial charge in [-0.3, -0.25) is 0 Å². The van der Waals surface area contributed by atoms with Gasteiger partial charge >= 0.3 is 46.8 Å². The van der Waals surface area contributed by atoms with Gasteiger partial charge in [0.2, 0.25) is 0 Å². The minimum Gasteiger partial charge on any atom is -1.00 e. The molecule has 0 unspecified atom stereocenters. The van der Waals surface area contributed by atoms with E-state index in [0.29, 0.717) is 0 Å². The van der Waals surface area contributed by atoms with Crippen LogP contribution < -0.4 is 0 Å². The van der Waals surface area contributed by atoms with Crippen LogP contribution in [0.15, 0.2) is 0 Å². The molecule has 0 atom stereocenters. The van der Waals surface area contributed by atoms with E-state index < -0.39 is 9.05 Å². The van der Waals surface area contributed by atoms with Gasteiger partial charge in [0.25, 0.3) is 0 Å². The summed E-state index contributed by atoms with van der Waals surface area (Å²) in [6.07, 6.45) is 0. The molecule has 7 heavy (non-hydrogen) atoms. The first-order valence-corrected chi connectivity index (χ1v) is 2.68. The van der Waals surface area contributed by atoms with Gasteiger partial charge in [0.1, 0.15) is 0 Å². The average molecular weight is 183 g/mol. The molecular formula is H6CaO4ScSi. The quantitative estimate of drug-likeness (QED) is 0.306. The zero-order valence-electron chi connectivity index (χ0n) is 5.57. The van der Waals surface area contributed by atoms with Crippen LogP contribution in [0.4, 0.5) is 0 Å². The topological polar surface area (TPSA) is 80.9 Å². The Kier molecular flexibility index (Phi) is 14.5. The summed E-state index contributed by atoms with van der Waals surface area (Å²) in [7, 11) is -4.61. The molecule has 0 aromatic heterocycles. The molecule has 1 radical (unpaired) electrons. The van der Waals surface area contributed by atoms with Crippen molar-refractivity contribution in [1.82, 2.24) is 0 Å². The van der Waals surface area contributed by atoms with Gasteiger partial charge in [0.15, 0.2) is 0 Å². The SMILES string of the molecule is O[Si](O)(O)O.[Ca+2].[H-].[H-].[Sc]. The smallest absolute Gasteiger partial charge is 1.00 e. The molecule has 0 aromatic rings. The maximum Gasteiger partial charge on any atom is 2.00 e. The van der Waals surface area contributed by atoms with Crippen LogP contribution in [0, 0.1) is 0 Å². The van der Waals surface area contributed by atoms with Crippen molar-refractivity contribution in [2.75, 3.05) is 0 Å².